The van der Waals surface area contributed by atoms with Gasteiger partial charge in [-0.05, 0) is 74.1 Å². The molecule has 1 aliphatic rings. The molecule has 0 saturated heterocycles. The van der Waals surface area contributed by atoms with Gasteiger partial charge in [0.15, 0.2) is 0 Å². The third-order valence-corrected chi connectivity index (χ3v) is 6.51. The van der Waals surface area contributed by atoms with E-state index in [9.17, 15) is 5.11 Å². The summed E-state index contributed by atoms with van der Waals surface area (Å²) in [6.45, 7) is 8.36. The number of nitrogens with zero attached hydrogens (tertiary/aromatic N) is 3. The number of aliphatic hydroxyl groups is 1. The highest BCUT2D eigenvalue weighted by Gasteiger charge is 2.28. The Morgan fingerprint density at radius 1 is 1.15 bits per heavy atom. The van der Waals surface area contributed by atoms with Crippen LogP contribution in [0.5, 0.6) is 17.4 Å². The fourth-order valence-corrected chi connectivity index (χ4v) is 4.12. The monoisotopic (exact) mass is 483 g/mol. The number of methoxy groups -OCH3 is 1. The SMILES string of the molecule is COc1ccc(Oc2c(CN(CC3CC3)CC(O)C(C)C)c(C)nn2-c2cccc(Cl)c2)cc1. The lowest BCUT2D eigenvalue weighted by Crippen LogP contribution is -2.36. The van der Waals surface area contributed by atoms with Crippen LogP contribution in [0, 0.1) is 18.8 Å². The fraction of sp³-hybridized carbons (Fsp3) is 0.444. The highest BCUT2D eigenvalue weighted by atomic mass is 35.5. The standard InChI is InChI=1S/C27H34ClN3O3/c1-18(2)26(32)17-30(15-20-8-9-20)16-25-19(3)29-31(22-7-5-6-21(28)14-22)27(25)34-24-12-10-23(33-4)11-13-24/h5-7,10-14,18,20,26,32H,8-9,15-17H2,1-4H3. The van der Waals surface area contributed by atoms with Crippen LogP contribution in [0.4, 0.5) is 0 Å². The largest absolute Gasteiger partial charge is 0.497 e. The Hall–Kier alpha value is -2.54. The van der Waals surface area contributed by atoms with E-state index in [2.05, 4.69) is 18.7 Å². The van der Waals surface area contributed by atoms with Gasteiger partial charge in [0.05, 0.1) is 30.2 Å². The minimum absolute atomic E-state index is 0.201. The van der Waals surface area contributed by atoms with Gasteiger partial charge < -0.3 is 14.6 Å². The average molecular weight is 484 g/mol. The maximum atomic E-state index is 10.6. The molecule has 0 aliphatic heterocycles. The van der Waals surface area contributed by atoms with Crippen LogP contribution in [0.1, 0.15) is 37.9 Å². The van der Waals surface area contributed by atoms with Crippen LogP contribution in [0.3, 0.4) is 0 Å². The van der Waals surface area contributed by atoms with E-state index >= 15 is 0 Å². The maximum absolute atomic E-state index is 10.6. The lowest BCUT2D eigenvalue weighted by atomic mass is 10.1. The quantitative estimate of drug-likeness (QED) is 0.370. The van der Waals surface area contributed by atoms with Crippen molar-refractivity contribution in [1.29, 1.82) is 0 Å². The molecule has 6 nitrogen and oxygen atoms in total. The summed E-state index contributed by atoms with van der Waals surface area (Å²) in [5.41, 5.74) is 2.73. The highest BCUT2D eigenvalue weighted by molar-refractivity contribution is 6.30. The Labute approximate surface area is 207 Å². The van der Waals surface area contributed by atoms with Crippen LogP contribution in [0.15, 0.2) is 48.5 Å². The molecule has 4 rings (SSSR count). The third kappa shape index (κ3) is 6.12. The molecule has 1 N–H and O–H groups in total. The minimum Gasteiger partial charge on any atom is -0.497 e. The van der Waals surface area contributed by atoms with Crippen molar-refractivity contribution in [2.45, 2.75) is 46.3 Å². The summed E-state index contributed by atoms with van der Waals surface area (Å²) in [4.78, 5) is 2.34. The first-order valence-corrected chi connectivity index (χ1v) is 12.3. The summed E-state index contributed by atoms with van der Waals surface area (Å²) >= 11 is 6.29. The number of halogens is 1. The van der Waals surface area contributed by atoms with Crippen molar-refractivity contribution >= 4 is 11.6 Å². The number of hydrogen-bond acceptors (Lipinski definition) is 5. The maximum Gasteiger partial charge on any atom is 0.227 e. The van der Waals surface area contributed by atoms with E-state index in [0.717, 1.165) is 29.2 Å². The van der Waals surface area contributed by atoms with Crippen molar-refractivity contribution in [1.82, 2.24) is 14.7 Å². The second kappa shape index (κ2) is 10.8. The van der Waals surface area contributed by atoms with Crippen LogP contribution in [0.2, 0.25) is 5.02 Å². The molecular formula is C27H34ClN3O3. The van der Waals surface area contributed by atoms with Crippen molar-refractivity contribution < 1.29 is 14.6 Å². The molecule has 0 radical (unpaired) electrons. The summed E-state index contributed by atoms with van der Waals surface area (Å²) in [5.74, 6) is 3.02. The molecule has 7 heteroatoms. The number of rotatable bonds is 11. The van der Waals surface area contributed by atoms with Gasteiger partial charge >= 0.3 is 0 Å². The first-order valence-electron chi connectivity index (χ1n) is 11.9. The van der Waals surface area contributed by atoms with E-state index in [1.807, 2.05) is 60.1 Å². The molecule has 0 spiro atoms. The predicted octanol–water partition coefficient (Wildman–Crippen LogP) is 5.86. The van der Waals surface area contributed by atoms with Crippen LogP contribution in [-0.2, 0) is 6.54 Å². The molecule has 2 aromatic carbocycles. The van der Waals surface area contributed by atoms with Crippen LogP contribution in [0.25, 0.3) is 5.69 Å². The molecule has 1 aromatic heterocycles. The number of aryl methyl sites for hydroxylation is 1. The zero-order chi connectivity index (χ0) is 24.2. The Balaban J connectivity index is 1.70. The zero-order valence-corrected chi connectivity index (χ0v) is 21.1. The topological polar surface area (TPSA) is 59.8 Å². The average Bonchev–Trinajstić information content (AvgIpc) is 3.58. The van der Waals surface area contributed by atoms with Crippen LogP contribution in [-0.4, -0.2) is 46.1 Å². The molecule has 1 saturated carbocycles. The Morgan fingerprint density at radius 3 is 2.47 bits per heavy atom. The summed E-state index contributed by atoms with van der Waals surface area (Å²) in [6.07, 6.45) is 2.13. The van der Waals surface area contributed by atoms with Crippen LogP contribution >= 0.6 is 11.6 Å². The number of aliphatic hydroxyl groups excluding tert-OH is 1. The lowest BCUT2D eigenvalue weighted by molar-refractivity contribution is 0.0708. The van der Waals surface area contributed by atoms with Crippen molar-refractivity contribution in [3.8, 4) is 23.1 Å². The molecule has 182 valence electrons. The zero-order valence-electron chi connectivity index (χ0n) is 20.4. The van der Waals surface area contributed by atoms with E-state index in [-0.39, 0.29) is 12.0 Å². The summed E-state index contributed by atoms with van der Waals surface area (Å²) in [5, 5.41) is 16.1. The van der Waals surface area contributed by atoms with Gasteiger partial charge in [0.25, 0.3) is 0 Å². The van der Waals surface area contributed by atoms with Gasteiger partial charge in [-0.15, -0.1) is 0 Å². The minimum atomic E-state index is -0.381. The molecule has 0 bridgehead atoms. The van der Waals surface area contributed by atoms with Gasteiger partial charge in [0, 0.05) is 24.7 Å². The predicted molar refractivity (Wildman–Crippen MR) is 135 cm³/mol. The summed E-state index contributed by atoms with van der Waals surface area (Å²) in [7, 11) is 1.64. The van der Waals surface area contributed by atoms with E-state index in [1.165, 1.54) is 12.8 Å². The summed E-state index contributed by atoms with van der Waals surface area (Å²) in [6, 6.07) is 15.1. The van der Waals surface area contributed by atoms with Crippen LogP contribution < -0.4 is 9.47 Å². The van der Waals surface area contributed by atoms with Gasteiger partial charge in [-0.25, -0.2) is 4.68 Å². The molecule has 34 heavy (non-hydrogen) atoms. The first kappa shape index (κ1) is 24.6. The smallest absolute Gasteiger partial charge is 0.227 e. The molecule has 0 amide bonds. The number of ether oxygens (including phenoxy) is 2. The second-order valence-corrected chi connectivity index (χ2v) is 9.92. The third-order valence-electron chi connectivity index (χ3n) is 6.27. The van der Waals surface area contributed by atoms with Crippen molar-refractivity contribution in [3.05, 3.63) is 64.8 Å². The lowest BCUT2D eigenvalue weighted by Gasteiger charge is -2.27. The van der Waals surface area contributed by atoms with Gasteiger partial charge in [-0.3, -0.25) is 4.90 Å². The second-order valence-electron chi connectivity index (χ2n) is 9.49. The number of hydrogen-bond donors (Lipinski definition) is 1. The van der Waals surface area contributed by atoms with E-state index < -0.39 is 0 Å². The molecule has 1 aliphatic carbocycles. The van der Waals surface area contributed by atoms with Gasteiger partial charge in [0.1, 0.15) is 11.5 Å². The normalized spacial score (nSPS) is 14.6. The molecule has 1 fully saturated rings. The fourth-order valence-electron chi connectivity index (χ4n) is 3.93. The molecule has 1 atom stereocenters. The molecule has 1 unspecified atom stereocenters. The van der Waals surface area contributed by atoms with Crippen molar-refractivity contribution in [2.75, 3.05) is 20.2 Å². The van der Waals surface area contributed by atoms with E-state index in [0.29, 0.717) is 35.7 Å². The Kier molecular flexibility index (Phi) is 7.81. The molecular weight excluding hydrogens is 450 g/mol. The Morgan fingerprint density at radius 2 is 1.85 bits per heavy atom. The van der Waals surface area contributed by atoms with Crippen molar-refractivity contribution in [3.63, 3.8) is 0 Å². The Bertz CT molecular complexity index is 1090. The number of benzene rings is 2. The highest BCUT2D eigenvalue weighted by Crippen LogP contribution is 2.35. The molecule has 3 aromatic rings. The van der Waals surface area contributed by atoms with Gasteiger partial charge in [0.2, 0.25) is 5.88 Å². The van der Waals surface area contributed by atoms with Gasteiger partial charge in [-0.1, -0.05) is 31.5 Å². The molecule has 1 heterocycles. The summed E-state index contributed by atoms with van der Waals surface area (Å²) < 4.78 is 13.5. The first-order chi connectivity index (χ1) is 16.3. The van der Waals surface area contributed by atoms with E-state index in [1.54, 1.807) is 7.11 Å². The van der Waals surface area contributed by atoms with Crippen molar-refractivity contribution in [2.24, 2.45) is 11.8 Å². The van der Waals surface area contributed by atoms with E-state index in [4.69, 9.17) is 26.2 Å². The number of aromatic nitrogens is 2. The van der Waals surface area contributed by atoms with Gasteiger partial charge in [-0.2, -0.15) is 5.10 Å².